The van der Waals surface area contributed by atoms with Crippen molar-refractivity contribution < 1.29 is 9.53 Å². The first-order chi connectivity index (χ1) is 7.26. The lowest BCUT2D eigenvalue weighted by atomic mass is 10.3. The number of urea groups is 1. The van der Waals surface area contributed by atoms with Gasteiger partial charge in [-0.1, -0.05) is 6.92 Å². The summed E-state index contributed by atoms with van der Waals surface area (Å²) in [6.07, 6.45) is 0.927. The number of methoxy groups -OCH3 is 1. The Bertz CT molecular complexity index is 309. The van der Waals surface area contributed by atoms with Crippen molar-refractivity contribution in [1.29, 1.82) is 0 Å². The first kappa shape index (κ1) is 11.4. The van der Waals surface area contributed by atoms with E-state index in [2.05, 4.69) is 10.6 Å². The van der Waals surface area contributed by atoms with Crippen LogP contribution in [0.3, 0.4) is 0 Å². The van der Waals surface area contributed by atoms with Gasteiger partial charge in [-0.05, 0) is 30.7 Å². The molecule has 0 saturated heterocycles. The molecule has 15 heavy (non-hydrogen) atoms. The lowest BCUT2D eigenvalue weighted by molar-refractivity contribution is 0.252. The maximum atomic E-state index is 11.3. The highest BCUT2D eigenvalue weighted by atomic mass is 16.5. The van der Waals surface area contributed by atoms with Crippen LogP contribution in [0.25, 0.3) is 0 Å². The van der Waals surface area contributed by atoms with Gasteiger partial charge in [0.1, 0.15) is 5.75 Å². The second-order valence-electron chi connectivity index (χ2n) is 3.11. The molecule has 0 aliphatic rings. The number of carbonyl (C=O) groups excluding carboxylic acids is 1. The Morgan fingerprint density at radius 2 is 2.00 bits per heavy atom. The number of nitrogens with one attached hydrogen (secondary N) is 2. The molecule has 0 bridgehead atoms. The summed E-state index contributed by atoms with van der Waals surface area (Å²) in [5.74, 6) is 0.773. The lowest BCUT2D eigenvalue weighted by Gasteiger charge is -2.07. The smallest absolute Gasteiger partial charge is 0.319 e. The summed E-state index contributed by atoms with van der Waals surface area (Å²) in [6, 6.07) is 7.02. The minimum atomic E-state index is -0.179. The van der Waals surface area contributed by atoms with Gasteiger partial charge in [0.25, 0.3) is 0 Å². The van der Waals surface area contributed by atoms with Crippen LogP contribution in [0.5, 0.6) is 5.75 Å². The fraction of sp³-hybridized carbons (Fsp3) is 0.364. The molecular formula is C11H16N2O2. The van der Waals surface area contributed by atoms with Crippen molar-refractivity contribution in [1.82, 2.24) is 5.32 Å². The van der Waals surface area contributed by atoms with Crippen molar-refractivity contribution in [2.45, 2.75) is 13.3 Å². The summed E-state index contributed by atoms with van der Waals surface area (Å²) in [5.41, 5.74) is 0.754. The van der Waals surface area contributed by atoms with Crippen molar-refractivity contribution in [2.75, 3.05) is 19.0 Å². The number of anilines is 1. The SMILES string of the molecule is CCCNC(=O)Nc1ccc(OC)cc1. The van der Waals surface area contributed by atoms with Crippen LogP contribution < -0.4 is 15.4 Å². The van der Waals surface area contributed by atoms with Gasteiger partial charge < -0.3 is 15.4 Å². The highest BCUT2D eigenvalue weighted by molar-refractivity contribution is 5.89. The fourth-order valence-corrected chi connectivity index (χ4v) is 1.09. The summed E-state index contributed by atoms with van der Waals surface area (Å²) in [7, 11) is 1.61. The average molecular weight is 208 g/mol. The molecular weight excluding hydrogens is 192 g/mol. The molecule has 0 atom stereocenters. The van der Waals surface area contributed by atoms with Gasteiger partial charge in [0.2, 0.25) is 0 Å². The Morgan fingerprint density at radius 3 is 2.53 bits per heavy atom. The first-order valence-corrected chi connectivity index (χ1v) is 4.95. The number of hydrogen-bond acceptors (Lipinski definition) is 2. The molecule has 0 aromatic heterocycles. The Balaban J connectivity index is 2.46. The van der Waals surface area contributed by atoms with Crippen LogP contribution in [0, 0.1) is 0 Å². The van der Waals surface area contributed by atoms with Crippen molar-refractivity contribution in [3.63, 3.8) is 0 Å². The molecule has 4 nitrogen and oxygen atoms in total. The topological polar surface area (TPSA) is 50.4 Å². The predicted molar refractivity (Wildman–Crippen MR) is 60.3 cm³/mol. The molecule has 0 aliphatic heterocycles. The number of benzene rings is 1. The van der Waals surface area contributed by atoms with E-state index in [0.717, 1.165) is 17.9 Å². The van der Waals surface area contributed by atoms with Gasteiger partial charge in [0.15, 0.2) is 0 Å². The summed E-state index contributed by atoms with van der Waals surface area (Å²) < 4.78 is 5.01. The first-order valence-electron chi connectivity index (χ1n) is 4.95. The van der Waals surface area contributed by atoms with Crippen LogP contribution in [0.1, 0.15) is 13.3 Å². The van der Waals surface area contributed by atoms with Crippen LogP contribution in [-0.4, -0.2) is 19.7 Å². The molecule has 2 amide bonds. The Hall–Kier alpha value is -1.71. The van der Waals surface area contributed by atoms with E-state index >= 15 is 0 Å². The molecule has 1 aromatic carbocycles. The molecule has 0 aliphatic carbocycles. The second-order valence-corrected chi connectivity index (χ2v) is 3.11. The summed E-state index contributed by atoms with van der Waals surface area (Å²) in [4.78, 5) is 11.3. The molecule has 1 aromatic rings. The van der Waals surface area contributed by atoms with E-state index in [0.29, 0.717) is 6.54 Å². The monoisotopic (exact) mass is 208 g/mol. The zero-order valence-electron chi connectivity index (χ0n) is 9.04. The molecule has 82 valence electrons. The van der Waals surface area contributed by atoms with Gasteiger partial charge in [-0.2, -0.15) is 0 Å². The van der Waals surface area contributed by atoms with Gasteiger partial charge in [0.05, 0.1) is 7.11 Å². The minimum absolute atomic E-state index is 0.179. The number of rotatable bonds is 4. The predicted octanol–water partition coefficient (Wildman–Crippen LogP) is 2.23. The van der Waals surface area contributed by atoms with Crippen LogP contribution in [0.4, 0.5) is 10.5 Å². The number of hydrogen-bond donors (Lipinski definition) is 2. The van der Waals surface area contributed by atoms with E-state index in [9.17, 15) is 4.79 Å². The highest BCUT2D eigenvalue weighted by Crippen LogP contribution is 2.14. The Kier molecular flexibility index (Phi) is 4.47. The molecule has 0 heterocycles. The van der Waals surface area contributed by atoms with Crippen LogP contribution in [0.15, 0.2) is 24.3 Å². The van der Waals surface area contributed by atoms with E-state index in [-0.39, 0.29) is 6.03 Å². The maximum absolute atomic E-state index is 11.3. The summed E-state index contributed by atoms with van der Waals surface area (Å²) >= 11 is 0. The zero-order valence-corrected chi connectivity index (χ0v) is 9.04. The number of carbonyl (C=O) groups is 1. The van der Waals surface area contributed by atoms with Gasteiger partial charge in [-0.25, -0.2) is 4.79 Å². The summed E-state index contributed by atoms with van der Waals surface area (Å²) in [6.45, 7) is 2.69. The Morgan fingerprint density at radius 1 is 1.33 bits per heavy atom. The van der Waals surface area contributed by atoms with Crippen LogP contribution >= 0.6 is 0 Å². The molecule has 1 rings (SSSR count). The molecule has 0 saturated carbocycles. The lowest BCUT2D eigenvalue weighted by Crippen LogP contribution is -2.29. The van der Waals surface area contributed by atoms with Crippen molar-refractivity contribution in [3.05, 3.63) is 24.3 Å². The zero-order chi connectivity index (χ0) is 11.1. The quantitative estimate of drug-likeness (QED) is 0.797. The molecule has 0 fully saturated rings. The fourth-order valence-electron chi connectivity index (χ4n) is 1.09. The third-order valence-electron chi connectivity index (χ3n) is 1.88. The number of ether oxygens (including phenoxy) is 1. The number of amides is 2. The average Bonchev–Trinajstić information content (AvgIpc) is 2.27. The van der Waals surface area contributed by atoms with E-state index in [1.54, 1.807) is 31.4 Å². The maximum Gasteiger partial charge on any atom is 0.319 e. The highest BCUT2D eigenvalue weighted by Gasteiger charge is 1.99. The Labute approximate surface area is 89.6 Å². The third kappa shape index (κ3) is 3.89. The molecule has 4 heteroatoms. The summed E-state index contributed by atoms with van der Waals surface area (Å²) in [5, 5.41) is 5.45. The molecule has 0 unspecified atom stereocenters. The normalized spacial score (nSPS) is 9.47. The van der Waals surface area contributed by atoms with Crippen molar-refractivity contribution in [3.8, 4) is 5.75 Å². The van der Waals surface area contributed by atoms with Crippen LogP contribution in [0.2, 0.25) is 0 Å². The molecule has 0 radical (unpaired) electrons. The molecule has 0 spiro atoms. The standard InChI is InChI=1S/C11H16N2O2/c1-3-8-12-11(14)13-9-4-6-10(15-2)7-5-9/h4-7H,3,8H2,1-2H3,(H2,12,13,14). The second kappa shape index (κ2) is 5.90. The van der Waals surface area contributed by atoms with Crippen LogP contribution in [-0.2, 0) is 0 Å². The third-order valence-corrected chi connectivity index (χ3v) is 1.88. The van der Waals surface area contributed by atoms with E-state index in [1.165, 1.54) is 0 Å². The molecule has 2 N–H and O–H groups in total. The van der Waals surface area contributed by atoms with Gasteiger partial charge in [0, 0.05) is 12.2 Å². The minimum Gasteiger partial charge on any atom is -0.497 e. The van der Waals surface area contributed by atoms with Crippen molar-refractivity contribution >= 4 is 11.7 Å². The van der Waals surface area contributed by atoms with Crippen molar-refractivity contribution in [2.24, 2.45) is 0 Å². The van der Waals surface area contributed by atoms with E-state index in [4.69, 9.17) is 4.74 Å². The largest absolute Gasteiger partial charge is 0.497 e. The van der Waals surface area contributed by atoms with E-state index < -0.39 is 0 Å². The van der Waals surface area contributed by atoms with Gasteiger partial charge in [-0.15, -0.1) is 0 Å². The van der Waals surface area contributed by atoms with E-state index in [1.807, 2.05) is 6.92 Å². The van der Waals surface area contributed by atoms with Gasteiger partial charge in [-0.3, -0.25) is 0 Å². The van der Waals surface area contributed by atoms with Gasteiger partial charge >= 0.3 is 6.03 Å².